The quantitative estimate of drug-likeness (QED) is 0.588. The van der Waals surface area contributed by atoms with Crippen molar-refractivity contribution >= 4 is 11.2 Å². The van der Waals surface area contributed by atoms with E-state index in [9.17, 15) is 4.79 Å². The monoisotopic (exact) mass is 397 g/mol. The zero-order valence-electron chi connectivity index (χ0n) is 16.9. The fourth-order valence-electron chi connectivity index (χ4n) is 3.69. The second-order valence-electron chi connectivity index (χ2n) is 7.30. The number of unbranched alkanes of at least 4 members (excludes halogenated alkanes) is 1. The molecule has 8 heteroatoms. The van der Waals surface area contributed by atoms with Crippen LogP contribution in [-0.2, 0) is 6.54 Å². The molecule has 3 aromatic rings. The number of methoxy groups -OCH3 is 1. The number of imidazole rings is 1. The number of rotatable bonds is 8. The van der Waals surface area contributed by atoms with Gasteiger partial charge < -0.3 is 14.8 Å². The summed E-state index contributed by atoms with van der Waals surface area (Å²) in [6, 6.07) is 8.15. The predicted octanol–water partition coefficient (Wildman–Crippen LogP) is 2.36. The van der Waals surface area contributed by atoms with E-state index in [0.29, 0.717) is 24.8 Å². The van der Waals surface area contributed by atoms with E-state index in [0.717, 1.165) is 49.2 Å². The number of hydrogen-bond acceptors (Lipinski definition) is 6. The Morgan fingerprint density at radius 2 is 2.10 bits per heavy atom. The first-order chi connectivity index (χ1) is 14.2. The van der Waals surface area contributed by atoms with Crippen LogP contribution in [0.5, 0.6) is 11.8 Å². The first-order valence-corrected chi connectivity index (χ1v) is 10.2. The molecule has 0 amide bonds. The van der Waals surface area contributed by atoms with Crippen molar-refractivity contribution in [1.29, 1.82) is 0 Å². The first kappa shape index (κ1) is 19.4. The van der Waals surface area contributed by atoms with E-state index in [1.54, 1.807) is 17.9 Å². The van der Waals surface area contributed by atoms with Crippen molar-refractivity contribution in [3.63, 3.8) is 0 Å². The van der Waals surface area contributed by atoms with Gasteiger partial charge in [0.1, 0.15) is 11.3 Å². The van der Waals surface area contributed by atoms with Crippen molar-refractivity contribution in [3.05, 3.63) is 46.5 Å². The summed E-state index contributed by atoms with van der Waals surface area (Å²) in [5.74, 6) is 0.787. The van der Waals surface area contributed by atoms with E-state index in [2.05, 4.69) is 22.2 Å². The number of nitrogens with one attached hydrogen (secondary N) is 1. The lowest BCUT2D eigenvalue weighted by Crippen LogP contribution is -2.29. The highest BCUT2D eigenvalue weighted by atomic mass is 16.5. The van der Waals surface area contributed by atoms with Crippen LogP contribution in [0.3, 0.4) is 0 Å². The third-order valence-corrected chi connectivity index (χ3v) is 5.31. The third-order valence-electron chi connectivity index (χ3n) is 5.31. The van der Waals surface area contributed by atoms with Crippen LogP contribution >= 0.6 is 0 Å². The van der Waals surface area contributed by atoms with Crippen molar-refractivity contribution in [2.24, 2.45) is 0 Å². The molecule has 29 heavy (non-hydrogen) atoms. The van der Waals surface area contributed by atoms with Crippen LogP contribution in [0.25, 0.3) is 11.2 Å². The molecular weight excluding hydrogens is 370 g/mol. The molecule has 8 nitrogen and oxygen atoms in total. The van der Waals surface area contributed by atoms with Crippen molar-refractivity contribution in [3.8, 4) is 11.8 Å². The normalized spacial score (nSPS) is 16.4. The maximum absolute atomic E-state index is 13.3. The molecule has 0 bridgehead atoms. The number of ether oxygens (including phenoxy) is 2. The van der Waals surface area contributed by atoms with Crippen LogP contribution in [-0.4, -0.2) is 45.9 Å². The van der Waals surface area contributed by atoms with Gasteiger partial charge in [-0.3, -0.25) is 9.13 Å². The Kier molecular flexibility index (Phi) is 5.80. The number of nitrogens with zero attached hydrogens (tertiary/aromatic N) is 4. The van der Waals surface area contributed by atoms with E-state index >= 15 is 0 Å². The van der Waals surface area contributed by atoms with Crippen molar-refractivity contribution in [2.45, 2.75) is 38.8 Å². The summed E-state index contributed by atoms with van der Waals surface area (Å²) in [4.78, 5) is 22.3. The van der Waals surface area contributed by atoms with Gasteiger partial charge in [-0.2, -0.15) is 4.98 Å². The summed E-state index contributed by atoms with van der Waals surface area (Å²) >= 11 is 0. The minimum Gasteiger partial charge on any atom is -0.497 e. The molecular formula is C21H27N5O3. The molecule has 2 aromatic heterocycles. The van der Waals surface area contributed by atoms with Crippen LogP contribution < -0.4 is 20.5 Å². The maximum atomic E-state index is 13.3. The zero-order valence-corrected chi connectivity index (χ0v) is 16.9. The molecule has 0 aliphatic carbocycles. The summed E-state index contributed by atoms with van der Waals surface area (Å²) in [6.07, 6.45) is 4.61. The highest BCUT2D eigenvalue weighted by molar-refractivity contribution is 5.71. The second-order valence-corrected chi connectivity index (χ2v) is 7.30. The summed E-state index contributed by atoms with van der Waals surface area (Å²) in [5, 5.41) is 3.33. The lowest BCUT2D eigenvalue weighted by molar-refractivity contribution is 0.286. The van der Waals surface area contributed by atoms with E-state index < -0.39 is 0 Å². The lowest BCUT2D eigenvalue weighted by atomic mass is 10.2. The topological polar surface area (TPSA) is 83.2 Å². The standard InChI is InChI=1S/C21H27N5O3/c1-3-4-11-29-20-23-13-18-19(24-20)25(14-15-5-7-17(28-2)8-6-15)21(27)26(18)16-9-10-22-12-16/h5-8,13,16,22H,3-4,9-12,14H2,1-2H3. The third kappa shape index (κ3) is 3.98. The highest BCUT2D eigenvalue weighted by Crippen LogP contribution is 2.22. The molecule has 1 N–H and O–H groups in total. The molecule has 154 valence electrons. The summed E-state index contributed by atoms with van der Waals surface area (Å²) in [5.41, 5.74) is 2.30. The fraction of sp³-hybridized carbons (Fsp3) is 0.476. The Morgan fingerprint density at radius 3 is 2.79 bits per heavy atom. The van der Waals surface area contributed by atoms with E-state index in [4.69, 9.17) is 9.47 Å². The van der Waals surface area contributed by atoms with Gasteiger partial charge in [-0.1, -0.05) is 25.5 Å². The van der Waals surface area contributed by atoms with Gasteiger partial charge in [-0.05, 0) is 37.1 Å². The Bertz CT molecular complexity index is 1020. The highest BCUT2D eigenvalue weighted by Gasteiger charge is 2.25. The molecule has 0 spiro atoms. The van der Waals surface area contributed by atoms with E-state index in [-0.39, 0.29) is 11.7 Å². The van der Waals surface area contributed by atoms with Gasteiger partial charge in [0, 0.05) is 6.54 Å². The molecule has 4 rings (SSSR count). The average Bonchev–Trinajstić information content (AvgIpc) is 3.36. The molecule has 0 radical (unpaired) electrons. The van der Waals surface area contributed by atoms with Gasteiger partial charge in [0.2, 0.25) is 0 Å². The Balaban J connectivity index is 1.75. The molecule has 3 heterocycles. The maximum Gasteiger partial charge on any atom is 0.330 e. The summed E-state index contributed by atoms with van der Waals surface area (Å²) in [7, 11) is 1.64. The van der Waals surface area contributed by atoms with Gasteiger partial charge in [0.25, 0.3) is 0 Å². The smallest absolute Gasteiger partial charge is 0.330 e. The predicted molar refractivity (Wildman–Crippen MR) is 111 cm³/mol. The molecule has 1 unspecified atom stereocenters. The fourth-order valence-corrected chi connectivity index (χ4v) is 3.69. The number of hydrogen-bond donors (Lipinski definition) is 1. The summed E-state index contributed by atoms with van der Waals surface area (Å²) < 4.78 is 14.5. The number of aromatic nitrogens is 4. The van der Waals surface area contributed by atoms with Gasteiger partial charge in [0.15, 0.2) is 5.65 Å². The van der Waals surface area contributed by atoms with Crippen molar-refractivity contribution in [2.75, 3.05) is 26.8 Å². The number of fused-ring (bicyclic) bond motifs is 1. The van der Waals surface area contributed by atoms with Crippen LogP contribution in [0.2, 0.25) is 0 Å². The minimum atomic E-state index is -0.0653. The summed E-state index contributed by atoms with van der Waals surface area (Å²) in [6.45, 7) is 4.78. The van der Waals surface area contributed by atoms with Gasteiger partial charge in [0.05, 0.1) is 32.5 Å². The Morgan fingerprint density at radius 1 is 1.28 bits per heavy atom. The Hall–Kier alpha value is -2.87. The second kappa shape index (κ2) is 8.65. The van der Waals surface area contributed by atoms with Gasteiger partial charge >= 0.3 is 11.7 Å². The largest absolute Gasteiger partial charge is 0.497 e. The van der Waals surface area contributed by atoms with Crippen LogP contribution in [0, 0.1) is 0 Å². The molecule has 1 aromatic carbocycles. The SMILES string of the molecule is CCCCOc1ncc2c(n1)n(Cc1ccc(OC)cc1)c(=O)n2C1CCNC1. The van der Waals surface area contributed by atoms with Crippen LogP contribution in [0.4, 0.5) is 0 Å². The number of benzene rings is 1. The Labute approximate surface area is 169 Å². The zero-order chi connectivity index (χ0) is 20.2. The molecule has 1 atom stereocenters. The van der Waals surface area contributed by atoms with E-state index in [1.165, 1.54) is 0 Å². The average molecular weight is 397 g/mol. The molecule has 1 fully saturated rings. The van der Waals surface area contributed by atoms with Gasteiger partial charge in [-0.15, -0.1) is 0 Å². The van der Waals surface area contributed by atoms with Crippen molar-refractivity contribution < 1.29 is 9.47 Å². The molecule has 1 aliphatic rings. The van der Waals surface area contributed by atoms with Crippen LogP contribution in [0.15, 0.2) is 35.3 Å². The lowest BCUT2D eigenvalue weighted by Gasteiger charge is -2.10. The minimum absolute atomic E-state index is 0.0653. The van der Waals surface area contributed by atoms with Crippen LogP contribution in [0.1, 0.15) is 37.8 Å². The van der Waals surface area contributed by atoms with Gasteiger partial charge in [-0.25, -0.2) is 9.78 Å². The molecule has 0 saturated carbocycles. The molecule has 1 aliphatic heterocycles. The molecule has 1 saturated heterocycles. The van der Waals surface area contributed by atoms with Crippen molar-refractivity contribution in [1.82, 2.24) is 24.4 Å². The van der Waals surface area contributed by atoms with E-state index in [1.807, 2.05) is 28.8 Å². The first-order valence-electron chi connectivity index (χ1n) is 10.2.